The summed E-state index contributed by atoms with van der Waals surface area (Å²) in [6.45, 7) is 8.04. The summed E-state index contributed by atoms with van der Waals surface area (Å²) in [6.07, 6.45) is -0.913. The molecule has 0 heterocycles. The van der Waals surface area contributed by atoms with Crippen molar-refractivity contribution in [3.05, 3.63) is 24.3 Å². The molecular weight excluding hydrogens is 242 g/mol. The van der Waals surface area contributed by atoms with E-state index in [9.17, 15) is 14.4 Å². The number of carboxylic acids is 1. The van der Waals surface area contributed by atoms with Gasteiger partial charge in [0.15, 0.2) is 6.04 Å². The molecule has 0 aromatic carbocycles. The lowest BCUT2D eigenvalue weighted by molar-refractivity contribution is -0.139. The Kier molecular flexibility index (Phi) is 6.19. The minimum absolute atomic E-state index is 0.0224. The number of esters is 1. The van der Waals surface area contributed by atoms with E-state index in [1.165, 1.54) is 6.92 Å². The molecule has 0 aromatic rings. The molecule has 100 valence electrons. The van der Waals surface area contributed by atoms with Gasteiger partial charge in [0.2, 0.25) is 0 Å². The van der Waals surface area contributed by atoms with Crippen LogP contribution in [0.1, 0.15) is 6.92 Å². The molecule has 0 saturated heterocycles. The van der Waals surface area contributed by atoms with Crippen LogP contribution in [0.15, 0.2) is 24.3 Å². The molecule has 18 heavy (non-hydrogen) atoms. The van der Waals surface area contributed by atoms with Crippen molar-refractivity contribution in [2.75, 3.05) is 13.7 Å². The van der Waals surface area contributed by atoms with Crippen molar-refractivity contribution < 1.29 is 29.0 Å². The highest BCUT2D eigenvalue weighted by Gasteiger charge is 2.25. The zero-order valence-corrected chi connectivity index (χ0v) is 10.2. The van der Waals surface area contributed by atoms with E-state index in [4.69, 9.17) is 5.11 Å². The first kappa shape index (κ1) is 15.7. The molecule has 0 aliphatic heterocycles. The van der Waals surface area contributed by atoms with Crippen LogP contribution in [0.2, 0.25) is 0 Å². The maximum absolute atomic E-state index is 11.0. The molecule has 7 nitrogen and oxygen atoms in total. The van der Waals surface area contributed by atoms with Gasteiger partial charge in [-0.1, -0.05) is 13.2 Å². The van der Waals surface area contributed by atoms with Crippen LogP contribution in [0.5, 0.6) is 0 Å². The quantitative estimate of drug-likeness (QED) is 0.529. The molecule has 2 N–H and O–H groups in total. The molecule has 0 fully saturated rings. The van der Waals surface area contributed by atoms with Gasteiger partial charge in [0, 0.05) is 6.92 Å². The summed E-state index contributed by atoms with van der Waals surface area (Å²) >= 11 is 0. The summed E-state index contributed by atoms with van der Waals surface area (Å²) in [6, 6.07) is -1.39. The summed E-state index contributed by atoms with van der Waals surface area (Å²) in [5.74, 6) is -1.86. The molecule has 0 aromatic heterocycles. The van der Waals surface area contributed by atoms with Crippen LogP contribution < -0.4 is 5.32 Å². The third kappa shape index (κ3) is 5.15. The highest BCUT2D eigenvalue weighted by molar-refractivity contribution is 5.84. The van der Waals surface area contributed by atoms with E-state index in [2.05, 4.69) is 27.9 Å². The van der Waals surface area contributed by atoms with Crippen LogP contribution >= 0.6 is 0 Å². The van der Waals surface area contributed by atoms with E-state index in [1.54, 1.807) is 0 Å². The van der Waals surface area contributed by atoms with Crippen LogP contribution in [-0.2, 0) is 19.1 Å². The van der Waals surface area contributed by atoms with Crippen molar-refractivity contribution in [2.24, 2.45) is 0 Å². The maximum Gasteiger partial charge on any atom is 0.407 e. The molecule has 1 atom stereocenters. The number of methoxy groups -OCH3 is 1. The van der Waals surface area contributed by atoms with Gasteiger partial charge in [0.25, 0.3) is 0 Å². The number of hydrogen-bond acceptors (Lipinski definition) is 5. The minimum Gasteiger partial charge on any atom is -0.479 e. The first-order valence-electron chi connectivity index (χ1n) is 4.87. The summed E-state index contributed by atoms with van der Waals surface area (Å²) in [5.41, 5.74) is 0.211. The standard InChI is InChI=1S/C11H15NO6/c1-6(5-18-8(3)13)7(2)9(10(14)15)12-11(16)17-4/h9H,1-2,5H2,3-4H3,(H,12,16)(H,14,15)/t9-/m0/s1. The van der Waals surface area contributed by atoms with Crippen molar-refractivity contribution in [3.8, 4) is 0 Å². The second-order valence-electron chi connectivity index (χ2n) is 3.32. The SMILES string of the molecule is C=C(COC(C)=O)C(=C)[C@H](NC(=O)OC)C(=O)O. The Morgan fingerprint density at radius 2 is 1.89 bits per heavy atom. The Morgan fingerprint density at radius 3 is 2.28 bits per heavy atom. The van der Waals surface area contributed by atoms with E-state index >= 15 is 0 Å². The number of carboxylic acid groups (broad SMARTS) is 1. The lowest BCUT2D eigenvalue weighted by atomic mass is 10.0. The lowest BCUT2D eigenvalue weighted by Gasteiger charge is -2.17. The van der Waals surface area contributed by atoms with Crippen LogP contribution in [0, 0.1) is 0 Å². The molecule has 0 radical (unpaired) electrons. The zero-order chi connectivity index (χ0) is 14.3. The van der Waals surface area contributed by atoms with Gasteiger partial charge < -0.3 is 19.9 Å². The van der Waals surface area contributed by atoms with Gasteiger partial charge in [-0.05, 0) is 11.1 Å². The number of amides is 1. The fourth-order valence-electron chi connectivity index (χ4n) is 0.960. The smallest absolute Gasteiger partial charge is 0.407 e. The first-order valence-corrected chi connectivity index (χ1v) is 4.87. The zero-order valence-electron chi connectivity index (χ0n) is 10.2. The minimum atomic E-state index is -1.39. The van der Waals surface area contributed by atoms with E-state index < -0.39 is 24.1 Å². The second-order valence-corrected chi connectivity index (χ2v) is 3.32. The number of nitrogens with one attached hydrogen (secondary N) is 1. The van der Waals surface area contributed by atoms with Crippen molar-refractivity contribution >= 4 is 18.0 Å². The molecule has 0 spiro atoms. The number of carbonyl (C=O) groups excluding carboxylic acids is 2. The van der Waals surface area contributed by atoms with Gasteiger partial charge in [0.05, 0.1) is 7.11 Å². The van der Waals surface area contributed by atoms with Crippen LogP contribution in [0.3, 0.4) is 0 Å². The summed E-state index contributed by atoms with van der Waals surface area (Å²) in [7, 11) is 1.10. The van der Waals surface area contributed by atoms with Gasteiger partial charge in [-0.15, -0.1) is 0 Å². The Bertz CT molecular complexity index is 387. The molecule has 1 amide bonds. The summed E-state index contributed by atoms with van der Waals surface area (Å²) in [4.78, 5) is 32.5. The Labute approximate surface area is 104 Å². The van der Waals surface area contributed by atoms with E-state index in [0.29, 0.717) is 0 Å². The van der Waals surface area contributed by atoms with E-state index in [-0.39, 0.29) is 17.8 Å². The monoisotopic (exact) mass is 257 g/mol. The summed E-state index contributed by atoms with van der Waals surface area (Å²) in [5, 5.41) is 11.0. The highest BCUT2D eigenvalue weighted by atomic mass is 16.5. The number of alkyl carbamates (subject to hydrolysis) is 1. The molecule has 0 unspecified atom stereocenters. The van der Waals surface area contributed by atoms with Crippen molar-refractivity contribution in [2.45, 2.75) is 13.0 Å². The molecule has 0 rings (SSSR count). The Hall–Kier alpha value is -2.31. The first-order chi connectivity index (χ1) is 8.29. The lowest BCUT2D eigenvalue weighted by Crippen LogP contribution is -2.42. The summed E-state index contributed by atoms with van der Waals surface area (Å²) < 4.78 is 8.94. The van der Waals surface area contributed by atoms with Gasteiger partial charge in [-0.25, -0.2) is 9.59 Å². The number of ether oxygens (including phenoxy) is 2. The predicted octanol–water partition coefficient (Wildman–Crippen LogP) is 0.471. The number of aliphatic carboxylic acids is 1. The average Bonchev–Trinajstić information content (AvgIpc) is 2.31. The van der Waals surface area contributed by atoms with Gasteiger partial charge in [-0.3, -0.25) is 4.79 Å². The number of hydrogen-bond donors (Lipinski definition) is 2. The third-order valence-electron chi connectivity index (χ3n) is 1.95. The predicted molar refractivity (Wildman–Crippen MR) is 61.9 cm³/mol. The van der Waals surface area contributed by atoms with Crippen molar-refractivity contribution in [1.82, 2.24) is 5.32 Å². The van der Waals surface area contributed by atoms with Gasteiger partial charge in [-0.2, -0.15) is 0 Å². The molecule has 0 saturated carbocycles. The molecular formula is C11H15NO6. The third-order valence-corrected chi connectivity index (χ3v) is 1.95. The Morgan fingerprint density at radius 1 is 1.33 bits per heavy atom. The largest absolute Gasteiger partial charge is 0.479 e. The highest BCUT2D eigenvalue weighted by Crippen LogP contribution is 2.11. The van der Waals surface area contributed by atoms with Crippen LogP contribution in [0.25, 0.3) is 0 Å². The van der Waals surface area contributed by atoms with Crippen molar-refractivity contribution in [1.29, 1.82) is 0 Å². The van der Waals surface area contributed by atoms with Crippen molar-refractivity contribution in [3.63, 3.8) is 0 Å². The maximum atomic E-state index is 11.0. The van der Waals surface area contributed by atoms with E-state index in [1.807, 2.05) is 0 Å². The molecule has 0 bridgehead atoms. The van der Waals surface area contributed by atoms with Crippen LogP contribution in [0.4, 0.5) is 4.79 Å². The topological polar surface area (TPSA) is 102 Å². The van der Waals surface area contributed by atoms with E-state index in [0.717, 1.165) is 7.11 Å². The second kappa shape index (κ2) is 7.10. The van der Waals surface area contributed by atoms with Gasteiger partial charge >= 0.3 is 18.0 Å². The average molecular weight is 257 g/mol. The molecule has 0 aliphatic carbocycles. The molecule has 7 heteroatoms. The number of rotatable bonds is 6. The fourth-order valence-corrected chi connectivity index (χ4v) is 0.960. The normalized spacial score (nSPS) is 11.0. The fraction of sp³-hybridized carbons (Fsp3) is 0.364. The molecule has 0 aliphatic rings. The van der Waals surface area contributed by atoms with Crippen LogP contribution in [-0.4, -0.2) is 42.9 Å². The van der Waals surface area contributed by atoms with Gasteiger partial charge in [0.1, 0.15) is 6.61 Å². The number of carbonyl (C=O) groups is 3. The Balaban J connectivity index is 4.66.